The fraction of sp³-hybridized carbons (Fsp3) is 0.531. The van der Waals surface area contributed by atoms with Gasteiger partial charge in [0.25, 0.3) is 0 Å². The molecule has 7 rings (SSSR count). The van der Waals surface area contributed by atoms with E-state index >= 15 is 0 Å². The first-order valence-electron chi connectivity index (χ1n) is 13.9. The van der Waals surface area contributed by atoms with E-state index in [1.54, 1.807) is 5.57 Å². The molecule has 4 bridgehead atoms. The molecule has 35 heavy (non-hydrogen) atoms. The zero-order valence-electron chi connectivity index (χ0n) is 20.9. The topological polar surface area (TPSA) is 55.1 Å². The van der Waals surface area contributed by atoms with Crippen molar-refractivity contribution in [1.82, 2.24) is 5.32 Å². The lowest BCUT2D eigenvalue weighted by Gasteiger charge is -2.62. The Morgan fingerprint density at radius 1 is 0.886 bits per heavy atom. The largest absolute Gasteiger partial charge is 0.353 e. The van der Waals surface area contributed by atoms with Crippen LogP contribution in [0, 0.1) is 23.2 Å². The average Bonchev–Trinajstić information content (AvgIpc) is 2.89. The summed E-state index contributed by atoms with van der Waals surface area (Å²) in [5.74, 6) is 2.05. The molecule has 0 aliphatic heterocycles. The minimum Gasteiger partial charge on any atom is -0.353 e. The number of rotatable bonds is 6. The molecular weight excluding hydrogens is 428 g/mol. The van der Waals surface area contributed by atoms with Crippen LogP contribution in [0.15, 0.2) is 72.3 Å². The number of carbonyl (C=O) groups excluding carboxylic acids is 1. The van der Waals surface area contributed by atoms with Gasteiger partial charge in [0.05, 0.1) is 5.41 Å². The van der Waals surface area contributed by atoms with Gasteiger partial charge in [0.2, 0.25) is 5.91 Å². The van der Waals surface area contributed by atoms with Crippen LogP contribution in [0.1, 0.15) is 68.9 Å². The summed E-state index contributed by atoms with van der Waals surface area (Å²) in [4.78, 5) is 14.0. The van der Waals surface area contributed by atoms with Crippen molar-refractivity contribution in [3.05, 3.63) is 83.4 Å². The molecule has 2 atom stereocenters. The smallest absolute Gasteiger partial charge is 0.226 e. The van der Waals surface area contributed by atoms with E-state index in [4.69, 9.17) is 5.73 Å². The third kappa shape index (κ3) is 4.27. The van der Waals surface area contributed by atoms with Crippen LogP contribution in [0.3, 0.4) is 0 Å². The number of nitrogens with one attached hydrogen (secondary N) is 1. The molecule has 2 aromatic rings. The zero-order chi connectivity index (χ0) is 23.9. The summed E-state index contributed by atoms with van der Waals surface area (Å²) in [6.07, 6.45) is 13.5. The lowest BCUT2D eigenvalue weighted by molar-refractivity contribution is -0.145. The number of allylic oxidation sites excluding steroid dienone is 2. The van der Waals surface area contributed by atoms with E-state index in [9.17, 15) is 4.79 Å². The van der Waals surface area contributed by atoms with Gasteiger partial charge in [-0.15, -0.1) is 0 Å². The highest BCUT2D eigenvalue weighted by molar-refractivity contribution is 5.84. The van der Waals surface area contributed by atoms with Gasteiger partial charge in [-0.1, -0.05) is 72.3 Å². The van der Waals surface area contributed by atoms with Crippen LogP contribution in [0.5, 0.6) is 0 Å². The van der Waals surface area contributed by atoms with E-state index < -0.39 is 0 Å². The monoisotopic (exact) mass is 468 g/mol. The van der Waals surface area contributed by atoms with Gasteiger partial charge in [-0.05, 0) is 105 Å². The molecule has 0 aromatic heterocycles. The molecule has 0 saturated heterocycles. The Labute approximate surface area is 210 Å². The van der Waals surface area contributed by atoms with Crippen molar-refractivity contribution in [1.29, 1.82) is 0 Å². The second-order valence-corrected chi connectivity index (χ2v) is 12.1. The van der Waals surface area contributed by atoms with Crippen molar-refractivity contribution in [3.8, 4) is 0 Å². The Balaban J connectivity index is 1.27. The summed E-state index contributed by atoms with van der Waals surface area (Å²) < 4.78 is 0. The SMILES string of the molecule is NCC1CCC(NC(=O)C23CC4CC(c5ccccc5)(CC(C2)C4=CCc2ccccc2)C3)CC1. The molecule has 5 aliphatic carbocycles. The van der Waals surface area contributed by atoms with Crippen LogP contribution >= 0.6 is 0 Å². The fourth-order valence-corrected chi connectivity index (χ4v) is 8.40. The summed E-state index contributed by atoms with van der Waals surface area (Å²) in [6.45, 7) is 0.783. The van der Waals surface area contributed by atoms with Gasteiger partial charge in [-0.2, -0.15) is 0 Å². The molecule has 5 saturated carbocycles. The number of benzene rings is 2. The number of hydrogen-bond donors (Lipinski definition) is 2. The first-order chi connectivity index (χ1) is 17.1. The van der Waals surface area contributed by atoms with Gasteiger partial charge < -0.3 is 11.1 Å². The lowest BCUT2D eigenvalue weighted by atomic mass is 9.41. The first-order valence-corrected chi connectivity index (χ1v) is 13.9. The molecule has 0 heterocycles. The highest BCUT2D eigenvalue weighted by Crippen LogP contribution is 2.67. The number of hydrogen-bond acceptors (Lipinski definition) is 2. The van der Waals surface area contributed by atoms with E-state index in [1.807, 2.05) is 0 Å². The van der Waals surface area contributed by atoms with E-state index in [2.05, 4.69) is 72.1 Å². The molecule has 5 fully saturated rings. The number of nitrogens with two attached hydrogens (primary N) is 1. The van der Waals surface area contributed by atoms with Crippen molar-refractivity contribution < 1.29 is 4.79 Å². The maximum absolute atomic E-state index is 14.0. The normalized spacial score (nSPS) is 35.6. The molecule has 0 spiro atoms. The summed E-state index contributed by atoms with van der Waals surface area (Å²) in [5.41, 5.74) is 10.3. The first kappa shape index (κ1) is 23.0. The minimum absolute atomic E-state index is 0.145. The van der Waals surface area contributed by atoms with Crippen LogP contribution in [0.4, 0.5) is 0 Å². The lowest BCUT2D eigenvalue weighted by Crippen LogP contribution is -2.60. The van der Waals surface area contributed by atoms with Crippen LogP contribution in [-0.4, -0.2) is 18.5 Å². The van der Waals surface area contributed by atoms with E-state index in [0.29, 0.717) is 29.7 Å². The standard InChI is InChI=1S/C32H40N2O/c33-21-24-11-14-28(15-12-24)34-30(35)32-19-25-17-31(22-32,27-9-5-2-6-10-27)18-26(20-32)29(25)16-13-23-7-3-1-4-8-23/h1-10,16,24-26,28H,11-15,17-22,33H2,(H,34,35). The van der Waals surface area contributed by atoms with E-state index in [1.165, 1.54) is 24.0 Å². The molecular formula is C32H40N2O. The fourth-order valence-electron chi connectivity index (χ4n) is 8.40. The Hall–Kier alpha value is -2.39. The highest BCUT2D eigenvalue weighted by atomic mass is 16.2. The summed E-state index contributed by atoms with van der Waals surface area (Å²) >= 11 is 0. The Morgan fingerprint density at radius 3 is 2.14 bits per heavy atom. The van der Waals surface area contributed by atoms with Crippen LogP contribution in [0.2, 0.25) is 0 Å². The van der Waals surface area contributed by atoms with Crippen LogP contribution < -0.4 is 11.1 Å². The Kier molecular flexibility index (Phi) is 6.08. The van der Waals surface area contributed by atoms with Crippen molar-refractivity contribution >= 4 is 5.91 Å². The molecule has 5 aliphatic rings. The van der Waals surface area contributed by atoms with E-state index in [-0.39, 0.29) is 10.8 Å². The molecule has 3 heteroatoms. The van der Waals surface area contributed by atoms with Gasteiger partial charge >= 0.3 is 0 Å². The van der Waals surface area contributed by atoms with Crippen molar-refractivity contribution in [3.63, 3.8) is 0 Å². The van der Waals surface area contributed by atoms with Gasteiger partial charge in [-0.25, -0.2) is 0 Å². The maximum Gasteiger partial charge on any atom is 0.226 e. The van der Waals surface area contributed by atoms with Gasteiger partial charge in [-0.3, -0.25) is 4.79 Å². The van der Waals surface area contributed by atoms with Gasteiger partial charge in [0.15, 0.2) is 0 Å². The Morgan fingerprint density at radius 2 is 1.51 bits per heavy atom. The number of amides is 1. The molecule has 2 unspecified atom stereocenters. The summed E-state index contributed by atoms with van der Waals surface area (Å²) in [6, 6.07) is 22.3. The summed E-state index contributed by atoms with van der Waals surface area (Å²) in [5, 5.41) is 3.56. The van der Waals surface area contributed by atoms with E-state index in [0.717, 1.165) is 57.9 Å². The second kappa shape index (κ2) is 9.24. The quantitative estimate of drug-likeness (QED) is 0.516. The average molecular weight is 469 g/mol. The zero-order valence-corrected chi connectivity index (χ0v) is 20.9. The van der Waals surface area contributed by atoms with Crippen molar-refractivity contribution in [2.75, 3.05) is 6.54 Å². The van der Waals surface area contributed by atoms with Gasteiger partial charge in [0.1, 0.15) is 0 Å². The molecule has 3 nitrogen and oxygen atoms in total. The highest BCUT2D eigenvalue weighted by Gasteiger charge is 2.62. The molecule has 0 radical (unpaired) electrons. The van der Waals surface area contributed by atoms with Crippen molar-refractivity contribution in [2.45, 2.75) is 75.7 Å². The summed E-state index contributed by atoms with van der Waals surface area (Å²) in [7, 11) is 0. The predicted molar refractivity (Wildman–Crippen MR) is 142 cm³/mol. The van der Waals surface area contributed by atoms with Crippen LogP contribution in [-0.2, 0) is 16.6 Å². The second-order valence-electron chi connectivity index (χ2n) is 12.1. The molecule has 184 valence electrons. The van der Waals surface area contributed by atoms with Crippen LogP contribution in [0.25, 0.3) is 0 Å². The molecule has 2 aromatic carbocycles. The van der Waals surface area contributed by atoms with Gasteiger partial charge in [0, 0.05) is 6.04 Å². The Bertz CT molecular complexity index is 1050. The molecule has 3 N–H and O–H groups in total. The molecule has 1 amide bonds. The minimum atomic E-state index is -0.212. The predicted octanol–water partition coefficient (Wildman–Crippen LogP) is 5.94. The third-order valence-electron chi connectivity index (χ3n) is 9.97. The third-order valence-corrected chi connectivity index (χ3v) is 9.97. The number of carbonyl (C=O) groups is 1. The van der Waals surface area contributed by atoms with Crippen molar-refractivity contribution in [2.24, 2.45) is 28.9 Å². The maximum atomic E-state index is 14.0.